The van der Waals surface area contributed by atoms with Crippen LogP contribution in [0.2, 0.25) is 0 Å². The van der Waals surface area contributed by atoms with E-state index in [1.807, 2.05) is 31.4 Å². The molecule has 1 fully saturated rings. The van der Waals surface area contributed by atoms with Crippen molar-refractivity contribution in [2.24, 2.45) is 0 Å². The molecule has 1 saturated heterocycles. The van der Waals surface area contributed by atoms with Crippen molar-refractivity contribution in [2.75, 3.05) is 6.54 Å². The second-order valence-corrected chi connectivity index (χ2v) is 6.51. The minimum atomic E-state index is -0.439. The van der Waals surface area contributed by atoms with Crippen LogP contribution in [0.4, 0.5) is 0 Å². The highest BCUT2D eigenvalue weighted by atomic mass is 32.1. The number of hydrogen-bond donors (Lipinski definition) is 2. The zero-order chi connectivity index (χ0) is 13.2. The van der Waals surface area contributed by atoms with Gasteiger partial charge in [-0.25, -0.2) is 0 Å². The number of hydrogen-bond acceptors (Lipinski definition) is 3. The Bertz CT molecular complexity index is 400. The summed E-state index contributed by atoms with van der Waals surface area (Å²) < 4.78 is 0. The summed E-state index contributed by atoms with van der Waals surface area (Å²) in [5, 5.41) is 8.64. The van der Waals surface area contributed by atoms with Gasteiger partial charge in [-0.2, -0.15) is 0 Å². The second-order valence-electron chi connectivity index (χ2n) is 5.57. The lowest BCUT2D eigenvalue weighted by molar-refractivity contribution is -0.126. The van der Waals surface area contributed by atoms with Gasteiger partial charge in [0.2, 0.25) is 5.91 Å². The topological polar surface area (TPSA) is 41.1 Å². The molecule has 0 aromatic carbocycles. The lowest BCUT2D eigenvalue weighted by atomic mass is 9.89. The summed E-state index contributed by atoms with van der Waals surface area (Å²) in [5.74, 6) is 0.130. The van der Waals surface area contributed by atoms with E-state index in [9.17, 15) is 4.79 Å². The first-order chi connectivity index (χ1) is 8.51. The molecule has 2 N–H and O–H groups in total. The normalized spacial score (nSPS) is 24.8. The van der Waals surface area contributed by atoms with Crippen LogP contribution >= 0.6 is 11.3 Å². The zero-order valence-electron chi connectivity index (χ0n) is 11.3. The minimum Gasteiger partial charge on any atom is -0.351 e. The molecule has 1 aromatic rings. The standard InChI is InChI=1S/C14H22N2OS/c1-10-11(6-4-8-15-10)16-13(17)14(2,3)12-7-5-9-18-12/h5,7,9-11,15H,4,6,8H2,1-3H3,(H,16,17). The predicted octanol–water partition coefficient (Wildman–Crippen LogP) is 2.28. The van der Waals surface area contributed by atoms with E-state index in [0.29, 0.717) is 6.04 Å². The van der Waals surface area contributed by atoms with Gasteiger partial charge in [0.15, 0.2) is 0 Å². The van der Waals surface area contributed by atoms with E-state index in [1.54, 1.807) is 11.3 Å². The summed E-state index contributed by atoms with van der Waals surface area (Å²) >= 11 is 1.64. The van der Waals surface area contributed by atoms with Gasteiger partial charge < -0.3 is 10.6 Å². The highest BCUT2D eigenvalue weighted by Gasteiger charge is 2.33. The van der Waals surface area contributed by atoms with Crippen LogP contribution in [-0.2, 0) is 10.2 Å². The molecule has 0 aliphatic carbocycles. The lowest BCUT2D eigenvalue weighted by Crippen LogP contribution is -2.55. The molecule has 100 valence electrons. The van der Waals surface area contributed by atoms with Crippen molar-refractivity contribution < 1.29 is 4.79 Å². The Labute approximate surface area is 113 Å². The maximum absolute atomic E-state index is 12.4. The van der Waals surface area contributed by atoms with Crippen molar-refractivity contribution in [1.82, 2.24) is 10.6 Å². The Hall–Kier alpha value is -0.870. The Balaban J connectivity index is 2.03. The number of nitrogens with one attached hydrogen (secondary N) is 2. The molecular formula is C14H22N2OS. The molecule has 3 nitrogen and oxygen atoms in total. The Morgan fingerprint density at radius 1 is 1.56 bits per heavy atom. The summed E-state index contributed by atoms with van der Waals surface area (Å²) in [6, 6.07) is 4.65. The monoisotopic (exact) mass is 266 g/mol. The molecule has 0 spiro atoms. The predicted molar refractivity (Wildman–Crippen MR) is 76.0 cm³/mol. The van der Waals surface area contributed by atoms with E-state index in [1.165, 1.54) is 0 Å². The molecule has 1 aromatic heterocycles. The first-order valence-electron chi connectivity index (χ1n) is 6.60. The number of rotatable bonds is 3. The van der Waals surface area contributed by atoms with Gasteiger partial charge in [0, 0.05) is 17.0 Å². The Kier molecular flexibility index (Phi) is 4.07. The van der Waals surface area contributed by atoms with Crippen molar-refractivity contribution in [3.05, 3.63) is 22.4 Å². The van der Waals surface area contributed by atoms with E-state index in [4.69, 9.17) is 0 Å². The average Bonchev–Trinajstić information content (AvgIpc) is 2.86. The van der Waals surface area contributed by atoms with Crippen molar-refractivity contribution in [1.29, 1.82) is 0 Å². The van der Waals surface area contributed by atoms with Crippen LogP contribution in [0.5, 0.6) is 0 Å². The fraction of sp³-hybridized carbons (Fsp3) is 0.643. The summed E-state index contributed by atoms with van der Waals surface area (Å²) in [6.45, 7) is 7.19. The minimum absolute atomic E-state index is 0.130. The highest BCUT2D eigenvalue weighted by Crippen LogP contribution is 2.28. The third-order valence-electron chi connectivity index (χ3n) is 3.78. The SMILES string of the molecule is CC1NCCCC1NC(=O)C(C)(C)c1cccs1. The van der Waals surface area contributed by atoms with Crippen molar-refractivity contribution >= 4 is 17.2 Å². The van der Waals surface area contributed by atoms with Crippen LogP contribution in [0.25, 0.3) is 0 Å². The van der Waals surface area contributed by atoms with Crippen LogP contribution in [-0.4, -0.2) is 24.5 Å². The molecule has 1 aliphatic heterocycles. The van der Waals surface area contributed by atoms with E-state index in [-0.39, 0.29) is 11.9 Å². The van der Waals surface area contributed by atoms with E-state index in [2.05, 4.69) is 17.6 Å². The first-order valence-corrected chi connectivity index (χ1v) is 7.48. The molecule has 2 rings (SSSR count). The van der Waals surface area contributed by atoms with E-state index in [0.717, 1.165) is 24.3 Å². The molecule has 2 unspecified atom stereocenters. The number of carbonyl (C=O) groups is 1. The van der Waals surface area contributed by atoms with Crippen molar-refractivity contribution in [3.8, 4) is 0 Å². The van der Waals surface area contributed by atoms with Gasteiger partial charge in [-0.05, 0) is 51.6 Å². The van der Waals surface area contributed by atoms with Crippen LogP contribution < -0.4 is 10.6 Å². The number of carbonyl (C=O) groups excluding carboxylic acids is 1. The van der Waals surface area contributed by atoms with Gasteiger partial charge in [0.05, 0.1) is 5.41 Å². The van der Waals surface area contributed by atoms with Gasteiger partial charge in [-0.1, -0.05) is 6.07 Å². The maximum Gasteiger partial charge on any atom is 0.231 e. The van der Waals surface area contributed by atoms with Gasteiger partial charge >= 0.3 is 0 Å². The van der Waals surface area contributed by atoms with Crippen LogP contribution in [0.1, 0.15) is 38.5 Å². The average molecular weight is 266 g/mol. The van der Waals surface area contributed by atoms with Crippen molar-refractivity contribution in [3.63, 3.8) is 0 Å². The summed E-state index contributed by atoms with van der Waals surface area (Å²) in [6.07, 6.45) is 2.20. The van der Waals surface area contributed by atoms with Crippen molar-refractivity contribution in [2.45, 2.75) is 51.1 Å². The molecule has 0 saturated carbocycles. The summed E-state index contributed by atoms with van der Waals surface area (Å²) in [5.41, 5.74) is -0.439. The number of amides is 1. The highest BCUT2D eigenvalue weighted by molar-refractivity contribution is 7.10. The van der Waals surface area contributed by atoms with E-state index >= 15 is 0 Å². The molecule has 2 atom stereocenters. The molecule has 4 heteroatoms. The largest absolute Gasteiger partial charge is 0.351 e. The van der Waals surface area contributed by atoms with Crippen LogP contribution in [0, 0.1) is 0 Å². The maximum atomic E-state index is 12.4. The Morgan fingerprint density at radius 3 is 2.94 bits per heavy atom. The van der Waals surface area contributed by atoms with E-state index < -0.39 is 5.41 Å². The fourth-order valence-electron chi connectivity index (χ4n) is 2.34. The smallest absolute Gasteiger partial charge is 0.231 e. The summed E-state index contributed by atoms with van der Waals surface area (Å²) in [4.78, 5) is 13.6. The number of piperidine rings is 1. The molecule has 18 heavy (non-hydrogen) atoms. The molecule has 2 heterocycles. The fourth-order valence-corrected chi connectivity index (χ4v) is 3.18. The quantitative estimate of drug-likeness (QED) is 0.881. The van der Waals surface area contributed by atoms with Crippen LogP contribution in [0.3, 0.4) is 0 Å². The Morgan fingerprint density at radius 2 is 2.33 bits per heavy atom. The van der Waals surface area contributed by atoms with Crippen LogP contribution in [0.15, 0.2) is 17.5 Å². The summed E-state index contributed by atoms with van der Waals surface area (Å²) in [7, 11) is 0. The van der Waals surface area contributed by atoms with Gasteiger partial charge in [0.25, 0.3) is 0 Å². The van der Waals surface area contributed by atoms with Gasteiger partial charge in [0.1, 0.15) is 0 Å². The second kappa shape index (κ2) is 5.41. The molecule has 0 radical (unpaired) electrons. The molecular weight excluding hydrogens is 244 g/mol. The number of thiophene rings is 1. The molecule has 1 aliphatic rings. The van der Waals surface area contributed by atoms with Gasteiger partial charge in [-0.15, -0.1) is 11.3 Å². The zero-order valence-corrected chi connectivity index (χ0v) is 12.1. The lowest BCUT2D eigenvalue weighted by Gasteiger charge is -2.33. The molecule has 1 amide bonds. The third-order valence-corrected chi connectivity index (χ3v) is 4.98. The molecule has 0 bridgehead atoms. The third kappa shape index (κ3) is 2.75. The first kappa shape index (κ1) is 13.6. The van der Waals surface area contributed by atoms with Gasteiger partial charge in [-0.3, -0.25) is 4.79 Å².